The number of nitrogens with zero attached hydrogens (tertiary/aromatic N) is 3. The molecule has 0 atom stereocenters. The summed E-state index contributed by atoms with van der Waals surface area (Å²) in [5.74, 6) is 0.717. The first-order chi connectivity index (χ1) is 9.66. The Morgan fingerprint density at radius 3 is 2.40 bits per heavy atom. The van der Waals surface area contributed by atoms with Gasteiger partial charge < -0.3 is 15.5 Å². The zero-order valence-corrected chi connectivity index (χ0v) is 12.7. The third-order valence-electron chi connectivity index (χ3n) is 3.81. The molecule has 0 spiro atoms. The van der Waals surface area contributed by atoms with Gasteiger partial charge in [-0.2, -0.15) is 0 Å². The van der Waals surface area contributed by atoms with Gasteiger partial charge in [0, 0.05) is 39.4 Å². The quantitative estimate of drug-likeness (QED) is 0.675. The third-order valence-corrected chi connectivity index (χ3v) is 3.81. The van der Waals surface area contributed by atoms with E-state index in [0.717, 1.165) is 32.0 Å². The van der Waals surface area contributed by atoms with Crippen LogP contribution in [0.25, 0.3) is 0 Å². The number of piperidine rings is 1. The van der Waals surface area contributed by atoms with Gasteiger partial charge in [-0.15, -0.1) is 0 Å². The second kappa shape index (κ2) is 7.17. The van der Waals surface area contributed by atoms with Crippen molar-refractivity contribution in [2.24, 2.45) is 10.7 Å². The summed E-state index contributed by atoms with van der Waals surface area (Å²) in [6, 6.07) is 8.63. The first kappa shape index (κ1) is 14.7. The molecule has 1 fully saturated rings. The zero-order valence-electron chi connectivity index (χ0n) is 12.7. The van der Waals surface area contributed by atoms with Crippen LogP contribution in [0.2, 0.25) is 0 Å². The Balaban J connectivity index is 1.82. The van der Waals surface area contributed by atoms with Gasteiger partial charge in [0.2, 0.25) is 0 Å². The molecule has 110 valence electrons. The van der Waals surface area contributed by atoms with E-state index in [4.69, 9.17) is 5.73 Å². The van der Waals surface area contributed by atoms with E-state index in [-0.39, 0.29) is 0 Å². The predicted molar refractivity (Wildman–Crippen MR) is 86.4 cm³/mol. The molecule has 1 saturated heterocycles. The highest BCUT2D eigenvalue weighted by Crippen LogP contribution is 2.13. The van der Waals surface area contributed by atoms with Crippen LogP contribution in [0.5, 0.6) is 0 Å². The molecule has 1 heterocycles. The summed E-state index contributed by atoms with van der Waals surface area (Å²) in [6.45, 7) is 2.89. The molecule has 1 aromatic rings. The van der Waals surface area contributed by atoms with Crippen molar-refractivity contribution in [2.45, 2.75) is 25.7 Å². The van der Waals surface area contributed by atoms with Gasteiger partial charge in [0.05, 0.1) is 0 Å². The maximum atomic E-state index is 6.05. The highest BCUT2D eigenvalue weighted by molar-refractivity contribution is 5.78. The van der Waals surface area contributed by atoms with E-state index in [1.54, 1.807) is 0 Å². The first-order valence-electron chi connectivity index (χ1n) is 7.48. The lowest BCUT2D eigenvalue weighted by molar-refractivity contribution is 0.338. The van der Waals surface area contributed by atoms with Crippen LogP contribution in [0.15, 0.2) is 29.3 Å². The highest BCUT2D eigenvalue weighted by Gasteiger charge is 2.11. The molecule has 20 heavy (non-hydrogen) atoms. The second-order valence-electron chi connectivity index (χ2n) is 5.60. The molecule has 4 heteroatoms. The SMILES string of the molecule is CN(C)c1ccc(CCN=C(N)N2CCCCC2)cc1. The Hall–Kier alpha value is -1.71. The Morgan fingerprint density at radius 1 is 1.15 bits per heavy atom. The molecule has 2 rings (SSSR count). The highest BCUT2D eigenvalue weighted by atomic mass is 15.2. The Kier molecular flexibility index (Phi) is 5.27. The Bertz CT molecular complexity index is 430. The van der Waals surface area contributed by atoms with Crippen LogP contribution in [0.3, 0.4) is 0 Å². The predicted octanol–water partition coefficient (Wildman–Crippen LogP) is 2.10. The number of likely N-dealkylation sites (tertiary alicyclic amines) is 1. The smallest absolute Gasteiger partial charge is 0.191 e. The van der Waals surface area contributed by atoms with E-state index in [2.05, 4.69) is 53.2 Å². The second-order valence-corrected chi connectivity index (χ2v) is 5.60. The maximum Gasteiger partial charge on any atom is 0.191 e. The number of nitrogens with two attached hydrogens (primary N) is 1. The van der Waals surface area contributed by atoms with Gasteiger partial charge in [0.25, 0.3) is 0 Å². The fraction of sp³-hybridized carbons (Fsp3) is 0.562. The number of rotatable bonds is 4. The molecule has 0 aliphatic carbocycles. The number of benzene rings is 1. The van der Waals surface area contributed by atoms with Crippen LogP contribution in [0.1, 0.15) is 24.8 Å². The third kappa shape index (κ3) is 4.15. The number of aliphatic imine (C=N–C) groups is 1. The Labute approximate surface area is 122 Å². The van der Waals surface area contributed by atoms with Crippen molar-refractivity contribution < 1.29 is 0 Å². The molecule has 2 N–H and O–H groups in total. The van der Waals surface area contributed by atoms with Crippen LogP contribution in [0, 0.1) is 0 Å². The van der Waals surface area contributed by atoms with Crippen molar-refractivity contribution in [3.8, 4) is 0 Å². The average molecular weight is 274 g/mol. The lowest BCUT2D eigenvalue weighted by Crippen LogP contribution is -2.41. The summed E-state index contributed by atoms with van der Waals surface area (Å²) in [7, 11) is 4.11. The van der Waals surface area contributed by atoms with Gasteiger partial charge in [-0.3, -0.25) is 4.99 Å². The van der Waals surface area contributed by atoms with Crippen LogP contribution in [-0.2, 0) is 6.42 Å². The van der Waals surface area contributed by atoms with Gasteiger partial charge in [-0.1, -0.05) is 12.1 Å². The molecule has 0 radical (unpaired) electrons. The zero-order chi connectivity index (χ0) is 14.4. The van der Waals surface area contributed by atoms with Crippen molar-refractivity contribution in [3.63, 3.8) is 0 Å². The summed E-state index contributed by atoms with van der Waals surface area (Å²) in [6.07, 6.45) is 4.74. The summed E-state index contributed by atoms with van der Waals surface area (Å²) in [5.41, 5.74) is 8.58. The molecular weight excluding hydrogens is 248 g/mol. The summed E-state index contributed by atoms with van der Waals surface area (Å²) in [4.78, 5) is 8.82. The van der Waals surface area contributed by atoms with E-state index < -0.39 is 0 Å². The van der Waals surface area contributed by atoms with Gasteiger partial charge in [0.15, 0.2) is 5.96 Å². The van der Waals surface area contributed by atoms with Crippen molar-refractivity contribution >= 4 is 11.6 Å². The monoisotopic (exact) mass is 274 g/mol. The maximum absolute atomic E-state index is 6.05. The number of guanidine groups is 1. The number of anilines is 1. The molecule has 0 bridgehead atoms. The van der Waals surface area contributed by atoms with Crippen molar-refractivity contribution in [3.05, 3.63) is 29.8 Å². The van der Waals surface area contributed by atoms with Crippen LogP contribution < -0.4 is 10.6 Å². The minimum atomic E-state index is 0.717. The van der Waals surface area contributed by atoms with E-state index in [9.17, 15) is 0 Å². The van der Waals surface area contributed by atoms with Crippen molar-refractivity contribution in [1.29, 1.82) is 0 Å². The average Bonchev–Trinajstić information content (AvgIpc) is 2.48. The molecule has 0 amide bonds. The normalized spacial score (nSPS) is 16.3. The molecule has 4 nitrogen and oxygen atoms in total. The first-order valence-corrected chi connectivity index (χ1v) is 7.48. The molecule has 0 aromatic heterocycles. The van der Waals surface area contributed by atoms with Crippen molar-refractivity contribution in [1.82, 2.24) is 4.90 Å². The Morgan fingerprint density at radius 2 is 1.80 bits per heavy atom. The van der Waals surface area contributed by atoms with Gasteiger partial charge >= 0.3 is 0 Å². The van der Waals surface area contributed by atoms with Crippen molar-refractivity contribution in [2.75, 3.05) is 38.6 Å². The molecule has 1 aliphatic rings. The summed E-state index contributed by atoms with van der Waals surface area (Å²) >= 11 is 0. The summed E-state index contributed by atoms with van der Waals surface area (Å²) in [5, 5.41) is 0. The van der Waals surface area contributed by atoms with Gasteiger partial charge in [0.1, 0.15) is 0 Å². The minimum absolute atomic E-state index is 0.717. The van der Waals surface area contributed by atoms with E-state index in [0.29, 0.717) is 0 Å². The molecule has 0 unspecified atom stereocenters. The minimum Gasteiger partial charge on any atom is -0.378 e. The fourth-order valence-electron chi connectivity index (χ4n) is 2.48. The van der Waals surface area contributed by atoms with E-state index >= 15 is 0 Å². The van der Waals surface area contributed by atoms with E-state index in [1.807, 2.05) is 0 Å². The van der Waals surface area contributed by atoms with Crippen LogP contribution in [0.4, 0.5) is 5.69 Å². The number of hydrogen-bond acceptors (Lipinski definition) is 2. The van der Waals surface area contributed by atoms with Gasteiger partial charge in [-0.25, -0.2) is 0 Å². The van der Waals surface area contributed by atoms with E-state index in [1.165, 1.54) is 30.5 Å². The molecule has 1 aromatic carbocycles. The standard InChI is InChI=1S/C16H26N4/c1-19(2)15-8-6-14(7-9-15)10-11-18-16(17)20-12-4-3-5-13-20/h6-9H,3-5,10-13H2,1-2H3,(H2,17,18). The lowest BCUT2D eigenvalue weighted by atomic mass is 10.1. The fourth-order valence-corrected chi connectivity index (χ4v) is 2.48. The van der Waals surface area contributed by atoms with Gasteiger partial charge in [-0.05, 0) is 43.4 Å². The van der Waals surface area contributed by atoms with Crippen LogP contribution >= 0.6 is 0 Å². The summed E-state index contributed by atoms with van der Waals surface area (Å²) < 4.78 is 0. The van der Waals surface area contributed by atoms with Crippen LogP contribution in [-0.4, -0.2) is 44.6 Å². The molecular formula is C16H26N4. The molecule has 1 aliphatic heterocycles. The topological polar surface area (TPSA) is 44.9 Å². The lowest BCUT2D eigenvalue weighted by Gasteiger charge is -2.27. The number of hydrogen-bond donors (Lipinski definition) is 1. The largest absolute Gasteiger partial charge is 0.378 e. The molecule has 0 saturated carbocycles.